The van der Waals surface area contributed by atoms with Crippen molar-refractivity contribution in [2.45, 2.75) is 45.1 Å². The van der Waals surface area contributed by atoms with Crippen LogP contribution < -0.4 is 5.32 Å². The Balaban J connectivity index is 2.49. The molecule has 2 unspecified atom stereocenters. The Labute approximate surface area is 105 Å². The minimum Gasteiger partial charge on any atom is -0.393 e. The van der Waals surface area contributed by atoms with E-state index in [0.717, 1.165) is 17.7 Å². The van der Waals surface area contributed by atoms with Crippen LogP contribution in [0, 0.1) is 0 Å². The Hall–Kier alpha value is -1.07. The van der Waals surface area contributed by atoms with Crippen LogP contribution in [0.15, 0.2) is 24.3 Å². The Morgan fingerprint density at radius 2 is 1.72 bits per heavy atom. The molecule has 0 fully saturated rings. The molecule has 102 valence electrons. The fourth-order valence-electron chi connectivity index (χ4n) is 1.70. The molecular formula is C13H18F3NO. The number of hydrogen-bond acceptors (Lipinski definition) is 2. The molecule has 0 amide bonds. The first-order valence-corrected chi connectivity index (χ1v) is 5.86. The van der Waals surface area contributed by atoms with Gasteiger partial charge in [-0.05, 0) is 38.0 Å². The van der Waals surface area contributed by atoms with Gasteiger partial charge in [0.15, 0.2) is 0 Å². The van der Waals surface area contributed by atoms with Crippen molar-refractivity contribution in [3.05, 3.63) is 35.4 Å². The Kier molecular flexibility index (Phi) is 5.16. The maximum atomic E-state index is 12.3. The van der Waals surface area contributed by atoms with Gasteiger partial charge in [0.1, 0.15) is 0 Å². The summed E-state index contributed by atoms with van der Waals surface area (Å²) in [5.41, 5.74) is 0.156. The molecule has 2 atom stereocenters. The molecule has 0 spiro atoms. The zero-order valence-electron chi connectivity index (χ0n) is 10.5. The lowest BCUT2D eigenvalue weighted by molar-refractivity contribution is -0.137. The normalized spacial score (nSPS) is 15.4. The second kappa shape index (κ2) is 6.20. The summed E-state index contributed by atoms with van der Waals surface area (Å²) < 4.78 is 37.0. The number of aliphatic hydroxyl groups is 1. The second-order valence-electron chi connectivity index (χ2n) is 4.56. The molecule has 2 N–H and O–H groups in total. The highest BCUT2D eigenvalue weighted by Gasteiger charge is 2.29. The zero-order chi connectivity index (χ0) is 13.8. The summed E-state index contributed by atoms with van der Waals surface area (Å²) in [6.07, 6.45) is -4.06. The fraction of sp³-hybridized carbons (Fsp3) is 0.538. The van der Waals surface area contributed by atoms with Crippen molar-refractivity contribution in [3.8, 4) is 0 Å². The highest BCUT2D eigenvalue weighted by molar-refractivity contribution is 5.24. The molecule has 0 heterocycles. The van der Waals surface area contributed by atoms with E-state index in [2.05, 4.69) is 5.32 Å². The molecule has 0 aliphatic carbocycles. The molecule has 0 radical (unpaired) electrons. The number of rotatable bonds is 5. The summed E-state index contributed by atoms with van der Waals surface area (Å²) >= 11 is 0. The van der Waals surface area contributed by atoms with E-state index in [1.54, 1.807) is 6.92 Å². The van der Waals surface area contributed by atoms with Crippen molar-refractivity contribution in [2.75, 3.05) is 0 Å². The minimum absolute atomic E-state index is 0.118. The van der Waals surface area contributed by atoms with Gasteiger partial charge in [-0.15, -0.1) is 0 Å². The van der Waals surface area contributed by atoms with E-state index in [0.29, 0.717) is 13.0 Å². The number of aliphatic hydroxyl groups excluding tert-OH is 1. The molecule has 2 nitrogen and oxygen atoms in total. The average Bonchev–Trinajstić information content (AvgIpc) is 2.25. The third kappa shape index (κ3) is 5.06. The number of alkyl halides is 3. The standard InChI is InChI=1S/C13H18F3NO/c1-9(7-10(2)18)17-8-11-3-5-12(6-4-11)13(14,15)16/h3-6,9-10,17-18H,7-8H2,1-2H3. The fourth-order valence-corrected chi connectivity index (χ4v) is 1.70. The van der Waals surface area contributed by atoms with Crippen molar-refractivity contribution in [3.63, 3.8) is 0 Å². The van der Waals surface area contributed by atoms with E-state index >= 15 is 0 Å². The van der Waals surface area contributed by atoms with Gasteiger partial charge in [0.25, 0.3) is 0 Å². The second-order valence-corrected chi connectivity index (χ2v) is 4.56. The van der Waals surface area contributed by atoms with Gasteiger partial charge in [-0.1, -0.05) is 12.1 Å². The lowest BCUT2D eigenvalue weighted by Gasteiger charge is -2.15. The summed E-state index contributed by atoms with van der Waals surface area (Å²) in [7, 11) is 0. The first-order chi connectivity index (χ1) is 8.29. The molecule has 0 bridgehead atoms. The molecule has 18 heavy (non-hydrogen) atoms. The predicted molar refractivity (Wildman–Crippen MR) is 64.0 cm³/mol. The molecule has 0 saturated carbocycles. The average molecular weight is 261 g/mol. The lowest BCUT2D eigenvalue weighted by Crippen LogP contribution is -2.28. The van der Waals surface area contributed by atoms with Crippen LogP contribution in [0.1, 0.15) is 31.4 Å². The van der Waals surface area contributed by atoms with Crippen molar-refractivity contribution in [1.29, 1.82) is 0 Å². The number of halogens is 3. The molecule has 1 rings (SSSR count). The van der Waals surface area contributed by atoms with Gasteiger partial charge in [-0.2, -0.15) is 13.2 Å². The number of benzene rings is 1. The Morgan fingerprint density at radius 3 is 2.17 bits per heavy atom. The maximum absolute atomic E-state index is 12.3. The first-order valence-electron chi connectivity index (χ1n) is 5.86. The monoisotopic (exact) mass is 261 g/mol. The minimum atomic E-state index is -4.29. The van der Waals surface area contributed by atoms with Crippen LogP contribution in [-0.4, -0.2) is 17.3 Å². The summed E-state index contributed by atoms with van der Waals surface area (Å²) in [5.74, 6) is 0. The largest absolute Gasteiger partial charge is 0.416 e. The summed E-state index contributed by atoms with van der Waals surface area (Å²) in [4.78, 5) is 0. The molecular weight excluding hydrogens is 243 g/mol. The number of hydrogen-bond donors (Lipinski definition) is 2. The molecule has 0 aromatic heterocycles. The maximum Gasteiger partial charge on any atom is 0.416 e. The molecule has 5 heteroatoms. The summed E-state index contributed by atoms with van der Waals surface area (Å²) in [6.45, 7) is 4.12. The van der Waals surface area contributed by atoms with E-state index in [1.807, 2.05) is 6.92 Å². The van der Waals surface area contributed by atoms with E-state index in [-0.39, 0.29) is 12.1 Å². The Morgan fingerprint density at radius 1 is 1.17 bits per heavy atom. The van der Waals surface area contributed by atoms with E-state index in [4.69, 9.17) is 0 Å². The highest BCUT2D eigenvalue weighted by Crippen LogP contribution is 2.29. The molecule has 0 saturated heterocycles. The van der Waals surface area contributed by atoms with Gasteiger partial charge < -0.3 is 10.4 Å². The van der Waals surface area contributed by atoms with Crippen molar-refractivity contribution >= 4 is 0 Å². The third-order valence-corrected chi connectivity index (χ3v) is 2.63. The van der Waals surface area contributed by atoms with Gasteiger partial charge in [0.05, 0.1) is 11.7 Å². The van der Waals surface area contributed by atoms with Crippen LogP contribution in [0.25, 0.3) is 0 Å². The zero-order valence-corrected chi connectivity index (χ0v) is 10.5. The van der Waals surface area contributed by atoms with Crippen LogP contribution in [0.4, 0.5) is 13.2 Å². The topological polar surface area (TPSA) is 32.3 Å². The van der Waals surface area contributed by atoms with Crippen LogP contribution in [0.5, 0.6) is 0 Å². The highest BCUT2D eigenvalue weighted by atomic mass is 19.4. The molecule has 1 aromatic carbocycles. The van der Waals surface area contributed by atoms with Gasteiger partial charge in [0.2, 0.25) is 0 Å². The smallest absolute Gasteiger partial charge is 0.393 e. The predicted octanol–water partition coefficient (Wildman–Crippen LogP) is 2.95. The SMILES string of the molecule is CC(O)CC(C)NCc1ccc(C(F)(F)F)cc1. The van der Waals surface area contributed by atoms with Crippen molar-refractivity contribution in [1.82, 2.24) is 5.32 Å². The molecule has 0 aliphatic heterocycles. The van der Waals surface area contributed by atoms with E-state index in [1.165, 1.54) is 12.1 Å². The first kappa shape index (κ1) is 15.0. The van der Waals surface area contributed by atoms with E-state index < -0.39 is 11.7 Å². The summed E-state index contributed by atoms with van der Waals surface area (Å²) in [6, 6.07) is 5.20. The van der Waals surface area contributed by atoms with Crippen molar-refractivity contribution < 1.29 is 18.3 Å². The van der Waals surface area contributed by atoms with Crippen LogP contribution in [0.3, 0.4) is 0 Å². The van der Waals surface area contributed by atoms with Gasteiger partial charge in [-0.3, -0.25) is 0 Å². The van der Waals surface area contributed by atoms with Crippen LogP contribution >= 0.6 is 0 Å². The lowest BCUT2D eigenvalue weighted by atomic mass is 10.1. The van der Waals surface area contributed by atoms with Crippen molar-refractivity contribution in [2.24, 2.45) is 0 Å². The number of nitrogens with one attached hydrogen (secondary N) is 1. The van der Waals surface area contributed by atoms with Gasteiger partial charge in [-0.25, -0.2) is 0 Å². The quantitative estimate of drug-likeness (QED) is 0.854. The Bertz CT molecular complexity index is 359. The van der Waals surface area contributed by atoms with Gasteiger partial charge >= 0.3 is 6.18 Å². The third-order valence-electron chi connectivity index (χ3n) is 2.63. The van der Waals surface area contributed by atoms with Crippen LogP contribution in [0.2, 0.25) is 0 Å². The molecule has 1 aromatic rings. The van der Waals surface area contributed by atoms with Crippen LogP contribution in [-0.2, 0) is 12.7 Å². The van der Waals surface area contributed by atoms with Gasteiger partial charge in [0, 0.05) is 12.6 Å². The molecule has 0 aliphatic rings. The van der Waals surface area contributed by atoms with E-state index in [9.17, 15) is 18.3 Å². The summed E-state index contributed by atoms with van der Waals surface area (Å²) in [5, 5.41) is 12.3.